The van der Waals surface area contributed by atoms with Crippen molar-refractivity contribution in [1.82, 2.24) is 9.80 Å². The van der Waals surface area contributed by atoms with E-state index in [1.54, 1.807) is 0 Å². The minimum atomic E-state index is -1.51. The van der Waals surface area contributed by atoms with Crippen molar-refractivity contribution in [3.05, 3.63) is 12.7 Å². The van der Waals surface area contributed by atoms with E-state index in [1.807, 2.05) is 13.8 Å². The lowest BCUT2D eigenvalue weighted by Crippen LogP contribution is -2.60. The van der Waals surface area contributed by atoms with Crippen LogP contribution < -0.4 is 0 Å². The molecule has 1 heterocycles. The molecule has 5 heteroatoms. The van der Waals surface area contributed by atoms with Crippen LogP contribution in [0.2, 0.25) is 0 Å². The van der Waals surface area contributed by atoms with Gasteiger partial charge in [0.15, 0.2) is 6.29 Å². The summed E-state index contributed by atoms with van der Waals surface area (Å²) >= 11 is 0. The maximum atomic E-state index is 11.5. The number of carbonyl (C=O) groups excluding carboxylic acids is 1. The third kappa shape index (κ3) is 2.81. The topological polar surface area (TPSA) is 64.0 Å². The predicted octanol–water partition coefficient (Wildman–Crippen LogP) is -0.596. The molecule has 1 aliphatic rings. The second-order valence-electron chi connectivity index (χ2n) is 4.31. The molecule has 16 heavy (non-hydrogen) atoms. The van der Waals surface area contributed by atoms with Crippen LogP contribution >= 0.6 is 0 Å². The molecule has 1 rings (SSSR count). The largest absolute Gasteiger partial charge is 0.366 e. The average Bonchev–Trinajstić information content (AvgIpc) is 2.26. The van der Waals surface area contributed by atoms with Crippen molar-refractivity contribution in [3.63, 3.8) is 0 Å². The van der Waals surface area contributed by atoms with Crippen LogP contribution in [-0.4, -0.2) is 63.9 Å². The van der Waals surface area contributed by atoms with E-state index in [2.05, 4.69) is 11.5 Å². The molecule has 0 aliphatic carbocycles. The second-order valence-corrected chi connectivity index (χ2v) is 4.31. The van der Waals surface area contributed by atoms with E-state index in [0.29, 0.717) is 19.1 Å². The summed E-state index contributed by atoms with van der Waals surface area (Å²) in [4.78, 5) is 15.1. The molecule has 1 amide bonds. The Kier molecular flexibility index (Phi) is 4.46. The Labute approximate surface area is 96.0 Å². The van der Waals surface area contributed by atoms with Gasteiger partial charge in [-0.3, -0.25) is 9.69 Å². The summed E-state index contributed by atoms with van der Waals surface area (Å²) in [6, 6.07) is -0.233. The molecule has 1 saturated heterocycles. The number of aliphatic hydroxyl groups is 2. The molecule has 0 bridgehead atoms. The highest BCUT2D eigenvalue weighted by atomic mass is 16.5. The first kappa shape index (κ1) is 13.2. The van der Waals surface area contributed by atoms with Crippen LogP contribution in [0.25, 0.3) is 0 Å². The highest BCUT2D eigenvalue weighted by Gasteiger charge is 2.34. The highest BCUT2D eigenvalue weighted by molar-refractivity contribution is 5.87. The minimum Gasteiger partial charge on any atom is -0.366 e. The average molecular weight is 228 g/mol. The zero-order valence-electron chi connectivity index (χ0n) is 9.83. The van der Waals surface area contributed by atoms with E-state index < -0.39 is 12.3 Å². The Morgan fingerprint density at radius 3 is 2.50 bits per heavy atom. The van der Waals surface area contributed by atoms with Gasteiger partial charge in [0.25, 0.3) is 0 Å². The van der Waals surface area contributed by atoms with Gasteiger partial charge in [-0.05, 0) is 19.9 Å². The molecular formula is C11H20N2O3. The van der Waals surface area contributed by atoms with Gasteiger partial charge in [-0.15, -0.1) is 0 Å². The molecule has 0 radical (unpaired) electrons. The molecule has 0 spiro atoms. The molecule has 1 atom stereocenters. The highest BCUT2D eigenvalue weighted by Crippen LogP contribution is 2.15. The zero-order chi connectivity index (χ0) is 12.3. The maximum Gasteiger partial charge on any atom is 0.246 e. The predicted molar refractivity (Wildman–Crippen MR) is 60.6 cm³/mol. The fraction of sp³-hybridized carbons (Fsp3) is 0.727. The smallest absolute Gasteiger partial charge is 0.246 e. The summed E-state index contributed by atoms with van der Waals surface area (Å²) in [5, 5.41) is 18.6. The number of hydrogen-bond acceptors (Lipinski definition) is 4. The second kappa shape index (κ2) is 5.43. The lowest BCUT2D eigenvalue weighted by atomic mass is 10.1. The van der Waals surface area contributed by atoms with Crippen LogP contribution in [0.3, 0.4) is 0 Å². The van der Waals surface area contributed by atoms with Crippen LogP contribution in [0.4, 0.5) is 0 Å². The first-order chi connectivity index (χ1) is 7.47. The summed E-state index contributed by atoms with van der Waals surface area (Å²) in [6.07, 6.45) is -0.300. The van der Waals surface area contributed by atoms with Gasteiger partial charge >= 0.3 is 0 Å². The van der Waals surface area contributed by atoms with Crippen molar-refractivity contribution in [2.24, 2.45) is 0 Å². The van der Waals surface area contributed by atoms with Crippen molar-refractivity contribution in [2.75, 3.05) is 19.6 Å². The molecule has 1 fully saturated rings. The summed E-state index contributed by atoms with van der Waals surface area (Å²) < 4.78 is 0. The SMILES string of the molecule is C=CC(=O)N1CCN(C(C)C)CC1C(O)O. The number of piperazine rings is 1. The van der Waals surface area contributed by atoms with Gasteiger partial charge in [0.1, 0.15) is 0 Å². The fourth-order valence-corrected chi connectivity index (χ4v) is 1.95. The molecule has 5 nitrogen and oxygen atoms in total. The van der Waals surface area contributed by atoms with Gasteiger partial charge < -0.3 is 15.1 Å². The Morgan fingerprint density at radius 1 is 1.44 bits per heavy atom. The Morgan fingerprint density at radius 2 is 2.06 bits per heavy atom. The maximum absolute atomic E-state index is 11.5. The van der Waals surface area contributed by atoms with Gasteiger partial charge in [-0.2, -0.15) is 0 Å². The third-order valence-electron chi connectivity index (χ3n) is 2.98. The van der Waals surface area contributed by atoms with E-state index in [9.17, 15) is 15.0 Å². The van der Waals surface area contributed by atoms with Gasteiger partial charge in [0.2, 0.25) is 5.91 Å². The lowest BCUT2D eigenvalue weighted by molar-refractivity contribution is -0.152. The standard InChI is InChI=1S/C11H20N2O3/c1-4-10(14)13-6-5-12(8(2)3)7-9(13)11(15)16/h4,8-9,11,15-16H,1,5-7H2,2-3H3. The Bertz CT molecular complexity index is 266. The molecule has 1 unspecified atom stereocenters. The number of carbonyl (C=O) groups is 1. The Hall–Kier alpha value is -0.910. The molecule has 0 aromatic rings. The van der Waals surface area contributed by atoms with Crippen LogP contribution in [0, 0.1) is 0 Å². The summed E-state index contributed by atoms with van der Waals surface area (Å²) in [7, 11) is 0. The van der Waals surface area contributed by atoms with Crippen LogP contribution in [0.5, 0.6) is 0 Å². The summed E-state index contributed by atoms with van der Waals surface area (Å²) in [5.41, 5.74) is 0. The number of rotatable bonds is 3. The van der Waals surface area contributed by atoms with E-state index in [0.717, 1.165) is 6.54 Å². The molecular weight excluding hydrogens is 208 g/mol. The summed E-state index contributed by atoms with van der Waals surface area (Å²) in [5.74, 6) is -0.249. The van der Waals surface area contributed by atoms with E-state index in [1.165, 1.54) is 11.0 Å². The quantitative estimate of drug-likeness (QED) is 0.500. The number of amides is 1. The summed E-state index contributed by atoms with van der Waals surface area (Å²) in [6.45, 7) is 9.25. The normalized spacial score (nSPS) is 22.9. The van der Waals surface area contributed by atoms with Gasteiger partial charge in [0, 0.05) is 25.7 Å². The van der Waals surface area contributed by atoms with Gasteiger partial charge in [-0.1, -0.05) is 6.58 Å². The molecule has 1 aliphatic heterocycles. The molecule has 2 N–H and O–H groups in total. The molecule has 0 saturated carbocycles. The van der Waals surface area contributed by atoms with Crippen molar-refractivity contribution in [3.8, 4) is 0 Å². The molecule has 0 aromatic heterocycles. The Balaban J connectivity index is 2.75. The lowest BCUT2D eigenvalue weighted by Gasteiger charge is -2.43. The van der Waals surface area contributed by atoms with E-state index >= 15 is 0 Å². The molecule has 92 valence electrons. The van der Waals surface area contributed by atoms with E-state index in [4.69, 9.17) is 0 Å². The third-order valence-corrected chi connectivity index (χ3v) is 2.98. The van der Waals surface area contributed by atoms with Crippen molar-refractivity contribution < 1.29 is 15.0 Å². The van der Waals surface area contributed by atoms with Crippen molar-refractivity contribution in [2.45, 2.75) is 32.2 Å². The zero-order valence-corrected chi connectivity index (χ0v) is 9.83. The fourth-order valence-electron chi connectivity index (χ4n) is 1.95. The van der Waals surface area contributed by atoms with Gasteiger partial charge in [0.05, 0.1) is 6.04 Å². The number of hydrogen-bond donors (Lipinski definition) is 2. The van der Waals surface area contributed by atoms with E-state index in [-0.39, 0.29) is 5.91 Å². The van der Waals surface area contributed by atoms with Crippen LogP contribution in [-0.2, 0) is 4.79 Å². The molecule has 0 aromatic carbocycles. The van der Waals surface area contributed by atoms with Crippen molar-refractivity contribution in [1.29, 1.82) is 0 Å². The first-order valence-electron chi connectivity index (χ1n) is 5.50. The monoisotopic (exact) mass is 228 g/mol. The first-order valence-corrected chi connectivity index (χ1v) is 5.50. The number of nitrogens with zero attached hydrogens (tertiary/aromatic N) is 2. The van der Waals surface area contributed by atoms with Crippen LogP contribution in [0.15, 0.2) is 12.7 Å². The minimum absolute atomic E-state index is 0.249. The van der Waals surface area contributed by atoms with Crippen LogP contribution in [0.1, 0.15) is 13.8 Å². The van der Waals surface area contributed by atoms with Gasteiger partial charge in [-0.25, -0.2) is 0 Å². The van der Waals surface area contributed by atoms with Crippen molar-refractivity contribution >= 4 is 5.91 Å². The number of aliphatic hydroxyl groups excluding tert-OH is 1.